The molecule has 0 spiro atoms. The zero-order valence-electron chi connectivity index (χ0n) is 11.0. The Bertz CT molecular complexity index is 741. The lowest BCUT2D eigenvalue weighted by atomic mass is 10.1. The Kier molecular flexibility index (Phi) is 3.22. The summed E-state index contributed by atoms with van der Waals surface area (Å²) in [6.07, 6.45) is 2.66. The molecule has 1 aliphatic heterocycles. The fourth-order valence-corrected chi connectivity index (χ4v) is 2.83. The summed E-state index contributed by atoms with van der Waals surface area (Å²) < 4.78 is 1.61. The molecule has 0 bridgehead atoms. The Morgan fingerprint density at radius 3 is 2.90 bits per heavy atom. The molecular formula is C14H14ClN3O2. The van der Waals surface area contributed by atoms with E-state index >= 15 is 0 Å². The number of likely N-dealkylation sites (N-methyl/N-ethyl adjacent to an activating group) is 1. The van der Waals surface area contributed by atoms with Gasteiger partial charge in [-0.15, -0.1) is 0 Å². The van der Waals surface area contributed by atoms with Crippen LogP contribution in [0, 0.1) is 0 Å². The summed E-state index contributed by atoms with van der Waals surface area (Å²) in [5.74, 6) is 0.117. The molecule has 0 aliphatic carbocycles. The van der Waals surface area contributed by atoms with Gasteiger partial charge < -0.3 is 4.90 Å². The molecule has 1 aromatic heterocycles. The number of hydrogen-bond donors (Lipinski definition) is 0. The molecule has 0 saturated carbocycles. The van der Waals surface area contributed by atoms with Crippen molar-refractivity contribution in [2.24, 2.45) is 0 Å². The first-order chi connectivity index (χ1) is 9.58. The second-order valence-corrected chi connectivity index (χ2v) is 5.47. The van der Waals surface area contributed by atoms with Crippen LogP contribution in [-0.2, 0) is 4.79 Å². The fourth-order valence-electron chi connectivity index (χ4n) is 2.61. The van der Waals surface area contributed by atoms with Crippen molar-refractivity contribution in [3.8, 4) is 0 Å². The van der Waals surface area contributed by atoms with E-state index in [-0.39, 0.29) is 17.5 Å². The van der Waals surface area contributed by atoms with Crippen LogP contribution in [0.1, 0.15) is 18.9 Å². The third-order valence-corrected chi connectivity index (χ3v) is 4.06. The number of fused-ring (bicyclic) bond motifs is 1. The van der Waals surface area contributed by atoms with E-state index in [1.54, 1.807) is 34.7 Å². The molecule has 1 unspecified atom stereocenters. The summed E-state index contributed by atoms with van der Waals surface area (Å²) in [5, 5.41) is 0.988. The minimum Gasteiger partial charge on any atom is -0.344 e. The number of carbonyl (C=O) groups excluding carboxylic acids is 1. The van der Waals surface area contributed by atoms with Gasteiger partial charge in [0.25, 0.3) is 5.56 Å². The van der Waals surface area contributed by atoms with Crippen LogP contribution in [0.25, 0.3) is 10.9 Å². The highest BCUT2D eigenvalue weighted by molar-refractivity contribution is 6.34. The van der Waals surface area contributed by atoms with E-state index in [1.165, 1.54) is 6.33 Å². The minimum absolute atomic E-state index is 0.0268. The molecule has 0 radical (unpaired) electrons. The predicted molar refractivity (Wildman–Crippen MR) is 76.9 cm³/mol. The molecule has 1 amide bonds. The number of piperidine rings is 1. The highest BCUT2D eigenvalue weighted by Gasteiger charge is 2.25. The number of aromatic nitrogens is 2. The van der Waals surface area contributed by atoms with Gasteiger partial charge in [-0.05, 0) is 18.6 Å². The van der Waals surface area contributed by atoms with Crippen LogP contribution in [-0.4, -0.2) is 34.0 Å². The van der Waals surface area contributed by atoms with Gasteiger partial charge in [0, 0.05) is 20.0 Å². The number of halogens is 1. The van der Waals surface area contributed by atoms with Crippen molar-refractivity contribution in [2.45, 2.75) is 18.9 Å². The van der Waals surface area contributed by atoms with Crippen LogP contribution < -0.4 is 5.56 Å². The summed E-state index contributed by atoms with van der Waals surface area (Å²) in [6, 6.07) is 5.16. The maximum absolute atomic E-state index is 12.5. The van der Waals surface area contributed by atoms with Crippen LogP contribution in [0.4, 0.5) is 0 Å². The molecule has 5 nitrogen and oxygen atoms in total. The molecular weight excluding hydrogens is 278 g/mol. The van der Waals surface area contributed by atoms with Crippen LogP contribution in [0.2, 0.25) is 5.02 Å². The predicted octanol–water partition coefficient (Wildman–Crippen LogP) is 1.84. The molecule has 20 heavy (non-hydrogen) atoms. The quantitative estimate of drug-likeness (QED) is 0.805. The van der Waals surface area contributed by atoms with E-state index in [4.69, 9.17) is 11.6 Å². The molecule has 104 valence electrons. The number of likely N-dealkylation sites (tertiary alicyclic amines) is 1. The van der Waals surface area contributed by atoms with Crippen molar-refractivity contribution in [1.82, 2.24) is 14.5 Å². The normalized spacial score (nSPS) is 19.6. The number of benzene rings is 1. The molecule has 1 fully saturated rings. The summed E-state index contributed by atoms with van der Waals surface area (Å²) in [4.78, 5) is 30.0. The topological polar surface area (TPSA) is 55.2 Å². The van der Waals surface area contributed by atoms with Gasteiger partial charge in [-0.1, -0.05) is 17.7 Å². The SMILES string of the molecule is CN1CC(n2cnc3c(Cl)cccc3c2=O)CCC1=O. The highest BCUT2D eigenvalue weighted by Crippen LogP contribution is 2.22. The molecule has 0 N–H and O–H groups in total. The van der Waals surface area contributed by atoms with Crippen molar-refractivity contribution < 1.29 is 4.79 Å². The second kappa shape index (κ2) is 4.90. The van der Waals surface area contributed by atoms with Crippen molar-refractivity contribution in [3.05, 3.63) is 39.9 Å². The first-order valence-corrected chi connectivity index (χ1v) is 6.85. The standard InChI is InChI=1S/C14H14ClN3O2/c1-17-7-9(5-6-12(17)19)18-8-16-13-10(14(18)20)3-2-4-11(13)15/h2-4,8-9H,5-7H2,1H3. The van der Waals surface area contributed by atoms with E-state index in [1.807, 2.05) is 0 Å². The van der Waals surface area contributed by atoms with Gasteiger partial charge in [0.2, 0.25) is 5.91 Å². The first kappa shape index (κ1) is 13.1. The number of amides is 1. The van der Waals surface area contributed by atoms with Crippen LogP contribution >= 0.6 is 11.6 Å². The zero-order valence-corrected chi connectivity index (χ0v) is 11.8. The van der Waals surface area contributed by atoms with Gasteiger partial charge in [-0.3, -0.25) is 14.2 Å². The molecule has 6 heteroatoms. The fraction of sp³-hybridized carbons (Fsp3) is 0.357. The highest BCUT2D eigenvalue weighted by atomic mass is 35.5. The smallest absolute Gasteiger partial charge is 0.261 e. The maximum Gasteiger partial charge on any atom is 0.261 e. The van der Waals surface area contributed by atoms with Crippen LogP contribution in [0.15, 0.2) is 29.3 Å². The van der Waals surface area contributed by atoms with Gasteiger partial charge in [-0.25, -0.2) is 4.98 Å². The molecule has 2 aromatic rings. The summed E-state index contributed by atoms with van der Waals surface area (Å²) in [5.41, 5.74) is 0.418. The molecule has 1 aliphatic rings. The number of carbonyl (C=O) groups is 1. The van der Waals surface area contributed by atoms with Crippen LogP contribution in [0.3, 0.4) is 0 Å². The summed E-state index contributed by atoms with van der Waals surface area (Å²) in [7, 11) is 1.75. The zero-order chi connectivity index (χ0) is 14.3. The average Bonchev–Trinajstić information content (AvgIpc) is 2.43. The Hall–Kier alpha value is -1.88. The van der Waals surface area contributed by atoms with Crippen molar-refractivity contribution in [2.75, 3.05) is 13.6 Å². The minimum atomic E-state index is -0.106. The third kappa shape index (κ3) is 2.08. The van der Waals surface area contributed by atoms with E-state index < -0.39 is 0 Å². The Balaban J connectivity index is 2.07. The summed E-state index contributed by atoms with van der Waals surface area (Å²) >= 11 is 6.05. The summed E-state index contributed by atoms with van der Waals surface area (Å²) in [6.45, 7) is 0.534. The number of para-hydroxylation sites is 1. The third-order valence-electron chi connectivity index (χ3n) is 3.76. The first-order valence-electron chi connectivity index (χ1n) is 6.47. The Labute approximate surface area is 120 Å². The number of rotatable bonds is 1. The Morgan fingerprint density at radius 1 is 1.35 bits per heavy atom. The van der Waals surface area contributed by atoms with Gasteiger partial charge in [0.1, 0.15) is 0 Å². The van der Waals surface area contributed by atoms with Crippen molar-refractivity contribution in [1.29, 1.82) is 0 Å². The molecule has 3 rings (SSSR count). The number of nitrogens with zero attached hydrogens (tertiary/aromatic N) is 3. The molecule has 1 saturated heterocycles. The lowest BCUT2D eigenvalue weighted by Crippen LogP contribution is -2.40. The average molecular weight is 292 g/mol. The lowest BCUT2D eigenvalue weighted by Gasteiger charge is -2.30. The van der Waals surface area contributed by atoms with Gasteiger partial charge >= 0.3 is 0 Å². The van der Waals surface area contributed by atoms with E-state index in [0.717, 1.165) is 0 Å². The molecule has 1 aromatic carbocycles. The lowest BCUT2D eigenvalue weighted by molar-refractivity contribution is -0.132. The maximum atomic E-state index is 12.5. The van der Waals surface area contributed by atoms with Crippen molar-refractivity contribution in [3.63, 3.8) is 0 Å². The van der Waals surface area contributed by atoms with Gasteiger partial charge in [-0.2, -0.15) is 0 Å². The molecule has 2 heterocycles. The van der Waals surface area contributed by atoms with Gasteiger partial charge in [0.05, 0.1) is 28.3 Å². The number of hydrogen-bond acceptors (Lipinski definition) is 3. The largest absolute Gasteiger partial charge is 0.344 e. The van der Waals surface area contributed by atoms with E-state index in [2.05, 4.69) is 4.98 Å². The van der Waals surface area contributed by atoms with E-state index in [9.17, 15) is 9.59 Å². The van der Waals surface area contributed by atoms with Crippen LogP contribution in [0.5, 0.6) is 0 Å². The van der Waals surface area contributed by atoms with Crippen molar-refractivity contribution >= 4 is 28.4 Å². The monoisotopic (exact) mass is 291 g/mol. The second-order valence-electron chi connectivity index (χ2n) is 5.06. The van der Waals surface area contributed by atoms with E-state index in [0.29, 0.717) is 35.3 Å². The molecule has 1 atom stereocenters. The van der Waals surface area contributed by atoms with Gasteiger partial charge in [0.15, 0.2) is 0 Å². The Morgan fingerprint density at radius 2 is 2.15 bits per heavy atom.